The summed E-state index contributed by atoms with van der Waals surface area (Å²) in [6.07, 6.45) is 2.00. The van der Waals surface area contributed by atoms with Gasteiger partial charge in [0.15, 0.2) is 11.5 Å². The molecule has 2 aromatic carbocycles. The van der Waals surface area contributed by atoms with Crippen molar-refractivity contribution in [3.8, 4) is 11.5 Å². The molecule has 1 atom stereocenters. The molecule has 0 radical (unpaired) electrons. The molecule has 11 nitrogen and oxygen atoms in total. The first-order valence-corrected chi connectivity index (χ1v) is 14.6. The van der Waals surface area contributed by atoms with Gasteiger partial charge in [0.25, 0.3) is 0 Å². The minimum absolute atomic E-state index is 0.0811. The maximum atomic E-state index is 12.8. The number of hydrogen-bond acceptors (Lipinski definition) is 9. The summed E-state index contributed by atoms with van der Waals surface area (Å²) in [5, 5.41) is 3.59. The quantitative estimate of drug-likeness (QED) is 0.379. The minimum atomic E-state index is -3.40. The van der Waals surface area contributed by atoms with Crippen LogP contribution in [0.3, 0.4) is 0 Å². The van der Waals surface area contributed by atoms with Crippen molar-refractivity contribution in [2.45, 2.75) is 12.3 Å². The van der Waals surface area contributed by atoms with Crippen molar-refractivity contribution >= 4 is 32.5 Å². The lowest BCUT2D eigenvalue weighted by atomic mass is 9.94. The molecule has 0 spiro atoms. The Morgan fingerprint density at radius 1 is 1.15 bits per heavy atom. The van der Waals surface area contributed by atoms with Crippen LogP contribution in [0.15, 0.2) is 42.7 Å². The maximum Gasteiger partial charge on any atom is 0.238 e. The molecule has 1 amide bonds. The van der Waals surface area contributed by atoms with E-state index in [1.165, 1.54) is 17.7 Å². The van der Waals surface area contributed by atoms with Crippen LogP contribution >= 0.6 is 0 Å². The van der Waals surface area contributed by atoms with Crippen molar-refractivity contribution in [3.05, 3.63) is 54.0 Å². The number of amides is 1. The summed E-state index contributed by atoms with van der Waals surface area (Å²) in [5.41, 5.74) is 2.80. The van der Waals surface area contributed by atoms with Gasteiger partial charge in [-0.15, -0.1) is 0 Å². The summed E-state index contributed by atoms with van der Waals surface area (Å²) in [4.78, 5) is 23.9. The molecule has 1 fully saturated rings. The monoisotopic (exact) mass is 555 g/mol. The second-order valence-electron chi connectivity index (χ2n) is 9.58. The number of nitrogens with zero attached hydrogens (tertiary/aromatic N) is 4. The topological polar surface area (TPSA) is 123 Å². The SMILES string of the molecule is COc1cc2c(C3C(=O)Nc4ccccc43)ncnc2cc1OCCN(C)S(=O)(=O)CCCN1CCOCC1. The molecule has 12 heteroatoms. The van der Waals surface area contributed by atoms with E-state index in [1.54, 1.807) is 19.2 Å². The third kappa shape index (κ3) is 5.98. The Morgan fingerprint density at radius 2 is 1.95 bits per heavy atom. The van der Waals surface area contributed by atoms with Crippen LogP contribution in [0.25, 0.3) is 10.9 Å². The van der Waals surface area contributed by atoms with Gasteiger partial charge in [-0.3, -0.25) is 9.69 Å². The van der Waals surface area contributed by atoms with Crippen LogP contribution in [0.4, 0.5) is 5.69 Å². The van der Waals surface area contributed by atoms with Gasteiger partial charge in [-0.1, -0.05) is 18.2 Å². The largest absolute Gasteiger partial charge is 0.493 e. The predicted molar refractivity (Wildman–Crippen MR) is 147 cm³/mol. The van der Waals surface area contributed by atoms with Gasteiger partial charge in [0.2, 0.25) is 15.9 Å². The number of para-hydroxylation sites is 1. The van der Waals surface area contributed by atoms with Crippen molar-refractivity contribution in [1.82, 2.24) is 19.2 Å². The average molecular weight is 556 g/mol. The normalized spacial score (nSPS) is 17.8. The van der Waals surface area contributed by atoms with Gasteiger partial charge in [-0.2, -0.15) is 0 Å². The molecule has 3 heterocycles. The molecule has 0 aliphatic carbocycles. The number of nitrogens with one attached hydrogen (secondary N) is 1. The summed E-state index contributed by atoms with van der Waals surface area (Å²) >= 11 is 0. The van der Waals surface area contributed by atoms with Crippen molar-refractivity contribution in [3.63, 3.8) is 0 Å². The summed E-state index contributed by atoms with van der Waals surface area (Å²) in [7, 11) is -0.313. The predicted octanol–water partition coefficient (Wildman–Crippen LogP) is 2.09. The molecule has 0 bridgehead atoms. The average Bonchev–Trinajstić information content (AvgIpc) is 3.28. The Kier molecular flexibility index (Phi) is 8.26. The first-order valence-electron chi connectivity index (χ1n) is 13.0. The highest BCUT2D eigenvalue weighted by atomic mass is 32.2. The molecule has 1 unspecified atom stereocenters. The lowest BCUT2D eigenvalue weighted by Gasteiger charge is -2.26. The summed E-state index contributed by atoms with van der Waals surface area (Å²) in [5.74, 6) is 0.248. The highest BCUT2D eigenvalue weighted by Crippen LogP contribution is 2.40. The first kappa shape index (κ1) is 27.3. The zero-order valence-electron chi connectivity index (χ0n) is 22.1. The molecule has 1 aromatic heterocycles. The molecule has 208 valence electrons. The van der Waals surface area contributed by atoms with Crippen molar-refractivity contribution in [2.24, 2.45) is 0 Å². The lowest BCUT2D eigenvalue weighted by molar-refractivity contribution is -0.116. The molecule has 0 saturated carbocycles. The van der Waals surface area contributed by atoms with Crippen LogP contribution in [0.1, 0.15) is 23.6 Å². The van der Waals surface area contributed by atoms with Crippen LogP contribution in [-0.4, -0.2) is 99.4 Å². The van der Waals surface area contributed by atoms with E-state index in [2.05, 4.69) is 20.2 Å². The van der Waals surface area contributed by atoms with E-state index in [9.17, 15) is 13.2 Å². The number of hydrogen-bond donors (Lipinski definition) is 1. The Hall–Kier alpha value is -3.32. The van der Waals surface area contributed by atoms with Crippen LogP contribution in [0.2, 0.25) is 0 Å². The van der Waals surface area contributed by atoms with Gasteiger partial charge >= 0.3 is 0 Å². The van der Waals surface area contributed by atoms with E-state index < -0.39 is 15.9 Å². The molecule has 3 aromatic rings. The van der Waals surface area contributed by atoms with Gasteiger partial charge < -0.3 is 19.5 Å². The van der Waals surface area contributed by atoms with E-state index in [1.807, 2.05) is 24.3 Å². The highest BCUT2D eigenvalue weighted by Gasteiger charge is 2.34. The number of carbonyl (C=O) groups excluding carboxylic acids is 1. The number of benzene rings is 2. The van der Waals surface area contributed by atoms with Crippen LogP contribution in [-0.2, 0) is 19.6 Å². The second-order valence-corrected chi connectivity index (χ2v) is 11.8. The van der Waals surface area contributed by atoms with E-state index in [-0.39, 0.29) is 24.8 Å². The number of sulfonamides is 1. The number of methoxy groups -OCH3 is 1. The van der Waals surface area contributed by atoms with Gasteiger partial charge in [0.1, 0.15) is 18.9 Å². The van der Waals surface area contributed by atoms with E-state index in [0.29, 0.717) is 47.7 Å². The Balaban J connectivity index is 1.25. The summed E-state index contributed by atoms with van der Waals surface area (Å²) < 4.78 is 43.7. The van der Waals surface area contributed by atoms with Gasteiger partial charge in [-0.25, -0.2) is 22.7 Å². The molecule has 1 saturated heterocycles. The highest BCUT2D eigenvalue weighted by molar-refractivity contribution is 7.89. The number of aromatic nitrogens is 2. The van der Waals surface area contributed by atoms with Gasteiger partial charge in [0.05, 0.1) is 37.3 Å². The van der Waals surface area contributed by atoms with E-state index >= 15 is 0 Å². The third-order valence-electron chi connectivity index (χ3n) is 7.14. The third-order valence-corrected chi connectivity index (χ3v) is 9.07. The lowest BCUT2D eigenvalue weighted by Crippen LogP contribution is -2.38. The Bertz CT molecular complexity index is 1440. The minimum Gasteiger partial charge on any atom is -0.493 e. The van der Waals surface area contributed by atoms with Crippen LogP contribution in [0.5, 0.6) is 11.5 Å². The van der Waals surface area contributed by atoms with Gasteiger partial charge in [-0.05, 0) is 30.7 Å². The molecule has 2 aliphatic rings. The fraction of sp³-hybridized carbons (Fsp3) is 0.444. The number of anilines is 1. The summed E-state index contributed by atoms with van der Waals surface area (Å²) in [6.45, 7) is 4.13. The van der Waals surface area contributed by atoms with Gasteiger partial charge in [0, 0.05) is 43.8 Å². The Morgan fingerprint density at radius 3 is 2.74 bits per heavy atom. The zero-order valence-corrected chi connectivity index (χ0v) is 22.9. The van der Waals surface area contributed by atoms with E-state index in [0.717, 1.165) is 30.9 Å². The molecular weight excluding hydrogens is 522 g/mol. The van der Waals surface area contributed by atoms with E-state index in [4.69, 9.17) is 14.2 Å². The number of ether oxygens (including phenoxy) is 3. The fourth-order valence-corrected chi connectivity index (χ4v) is 6.10. The summed E-state index contributed by atoms with van der Waals surface area (Å²) in [6, 6.07) is 11.0. The zero-order chi connectivity index (χ0) is 27.4. The van der Waals surface area contributed by atoms with Crippen molar-refractivity contribution in [2.75, 3.05) is 71.2 Å². The number of rotatable bonds is 11. The molecule has 1 N–H and O–H groups in total. The van der Waals surface area contributed by atoms with Crippen molar-refractivity contribution < 1.29 is 27.4 Å². The molecular formula is C27H33N5O6S. The molecule has 2 aliphatic heterocycles. The number of likely N-dealkylation sites (N-methyl/N-ethyl adjacent to an activating group) is 1. The van der Waals surface area contributed by atoms with Crippen LogP contribution < -0.4 is 14.8 Å². The second kappa shape index (κ2) is 11.8. The number of fused-ring (bicyclic) bond motifs is 2. The molecule has 5 rings (SSSR count). The maximum absolute atomic E-state index is 12.8. The smallest absolute Gasteiger partial charge is 0.238 e. The fourth-order valence-electron chi connectivity index (χ4n) is 4.94. The Labute approximate surface area is 228 Å². The standard InChI is InChI=1S/C27H33N5O6S/c1-31(39(34,35)15-5-8-32-10-12-37-13-11-32)9-14-38-24-17-22-20(16-23(24)36-2)26(29-18-28-22)25-19-6-3-4-7-21(19)30-27(25)33/h3-4,6-7,16-18,25H,5,8-15H2,1-2H3,(H,30,33). The van der Waals surface area contributed by atoms with Crippen LogP contribution in [0, 0.1) is 0 Å². The number of carbonyl (C=O) groups is 1. The first-order chi connectivity index (χ1) is 18.9. The number of morpholine rings is 1. The van der Waals surface area contributed by atoms with Crippen molar-refractivity contribution in [1.29, 1.82) is 0 Å². The molecule has 39 heavy (non-hydrogen) atoms.